The number of carbonyl (C=O) groups excluding carboxylic acids is 2. The molecule has 3 aromatic rings. The first-order valence-corrected chi connectivity index (χ1v) is 16.3. The third kappa shape index (κ3) is 5.21. The summed E-state index contributed by atoms with van der Waals surface area (Å²) in [7, 11) is -3.68. The second-order valence-corrected chi connectivity index (χ2v) is 15.2. The van der Waals surface area contributed by atoms with Crippen LogP contribution in [-0.2, 0) is 29.6 Å². The van der Waals surface area contributed by atoms with Crippen molar-refractivity contribution < 1.29 is 42.5 Å². The van der Waals surface area contributed by atoms with Crippen LogP contribution in [0.2, 0.25) is 0 Å². The SMILES string of the molecule is C[C@@H](O)[C@H]1C(=O)N2C(C(=O)O)=C(c3cn4cnc(S(C)(=O)=O)c4s3)C(C)(CCOC(=O)Oc3ccc(C(C)(C)C)cc3)[C@@H]12. The Morgan fingerprint density at radius 2 is 1.86 bits per heavy atom. The number of β-lactam (4-membered cyclic amide) rings is 1. The highest BCUT2D eigenvalue weighted by atomic mass is 32.2. The molecule has 5 rings (SSSR count). The number of hydrogen-bond donors (Lipinski definition) is 2. The molecule has 2 N–H and O–H groups in total. The van der Waals surface area contributed by atoms with Gasteiger partial charge < -0.3 is 24.6 Å². The van der Waals surface area contributed by atoms with Crippen LogP contribution in [0.25, 0.3) is 10.4 Å². The molecule has 43 heavy (non-hydrogen) atoms. The van der Waals surface area contributed by atoms with E-state index in [1.807, 2.05) is 12.1 Å². The van der Waals surface area contributed by atoms with Gasteiger partial charge in [0.1, 0.15) is 22.6 Å². The topological polar surface area (TPSA) is 165 Å². The Balaban J connectivity index is 1.45. The Bertz CT molecular complexity index is 1760. The van der Waals surface area contributed by atoms with Gasteiger partial charge in [0, 0.05) is 23.4 Å². The number of imidazole rings is 1. The zero-order valence-corrected chi connectivity index (χ0v) is 26.2. The van der Waals surface area contributed by atoms with Gasteiger partial charge >= 0.3 is 12.1 Å². The predicted octanol–water partition coefficient (Wildman–Crippen LogP) is 3.73. The van der Waals surface area contributed by atoms with Gasteiger partial charge in [-0.25, -0.2) is 23.0 Å². The Kier molecular flexibility index (Phi) is 7.46. The lowest BCUT2D eigenvalue weighted by Crippen LogP contribution is -2.66. The summed E-state index contributed by atoms with van der Waals surface area (Å²) in [5.74, 6) is -2.46. The van der Waals surface area contributed by atoms with Crippen molar-refractivity contribution in [2.45, 2.75) is 63.6 Å². The first kappa shape index (κ1) is 30.7. The molecule has 1 fully saturated rings. The zero-order valence-electron chi connectivity index (χ0n) is 24.5. The van der Waals surface area contributed by atoms with Crippen LogP contribution >= 0.6 is 11.3 Å². The predicted molar refractivity (Wildman–Crippen MR) is 156 cm³/mol. The van der Waals surface area contributed by atoms with Crippen LogP contribution < -0.4 is 4.74 Å². The fourth-order valence-corrected chi connectivity index (χ4v) is 8.37. The van der Waals surface area contributed by atoms with E-state index >= 15 is 0 Å². The lowest BCUT2D eigenvalue weighted by Gasteiger charge is -2.50. The molecule has 230 valence electrons. The lowest BCUT2D eigenvalue weighted by molar-refractivity contribution is -0.167. The highest BCUT2D eigenvalue weighted by Gasteiger charge is 2.66. The van der Waals surface area contributed by atoms with E-state index in [0.717, 1.165) is 23.2 Å². The molecule has 2 aliphatic heterocycles. The summed E-state index contributed by atoms with van der Waals surface area (Å²) < 4.78 is 36.8. The number of sulfone groups is 1. The Morgan fingerprint density at radius 3 is 2.42 bits per heavy atom. The number of nitrogens with zero attached hydrogens (tertiary/aromatic N) is 3. The largest absolute Gasteiger partial charge is 0.513 e. The van der Waals surface area contributed by atoms with Crippen LogP contribution in [-0.4, -0.2) is 76.0 Å². The number of aliphatic carboxylic acids is 1. The van der Waals surface area contributed by atoms with Crippen molar-refractivity contribution >= 4 is 49.6 Å². The third-order valence-corrected chi connectivity index (χ3v) is 10.4. The summed E-state index contributed by atoms with van der Waals surface area (Å²) in [6.07, 6.45) is 2.00. The van der Waals surface area contributed by atoms with Gasteiger partial charge in [0.05, 0.1) is 29.5 Å². The number of hydrogen-bond acceptors (Lipinski definition) is 10. The van der Waals surface area contributed by atoms with E-state index in [1.54, 1.807) is 25.3 Å². The van der Waals surface area contributed by atoms with Crippen molar-refractivity contribution in [2.75, 3.05) is 12.9 Å². The first-order chi connectivity index (χ1) is 19.9. The van der Waals surface area contributed by atoms with Gasteiger partial charge in [0.15, 0.2) is 14.9 Å². The van der Waals surface area contributed by atoms with E-state index in [2.05, 4.69) is 25.8 Å². The Hall–Kier alpha value is -3.75. The van der Waals surface area contributed by atoms with Crippen molar-refractivity contribution in [1.82, 2.24) is 14.3 Å². The van der Waals surface area contributed by atoms with Gasteiger partial charge in [-0.15, -0.1) is 11.3 Å². The van der Waals surface area contributed by atoms with E-state index < -0.39 is 51.3 Å². The van der Waals surface area contributed by atoms with Crippen molar-refractivity contribution in [1.29, 1.82) is 0 Å². The number of ether oxygens (including phenoxy) is 2. The molecule has 0 radical (unpaired) electrons. The molecule has 4 atom stereocenters. The Morgan fingerprint density at radius 1 is 1.21 bits per heavy atom. The maximum Gasteiger partial charge on any atom is 0.513 e. The summed E-state index contributed by atoms with van der Waals surface area (Å²) >= 11 is 1.03. The second kappa shape index (κ2) is 10.5. The fourth-order valence-electron chi connectivity index (χ4n) is 5.97. The zero-order chi connectivity index (χ0) is 31.6. The minimum Gasteiger partial charge on any atom is -0.477 e. The number of aliphatic hydroxyl groups excluding tert-OH is 1. The van der Waals surface area contributed by atoms with E-state index in [9.17, 15) is 33.0 Å². The van der Waals surface area contributed by atoms with Crippen LogP contribution in [0.15, 0.2) is 47.5 Å². The minimum atomic E-state index is -3.68. The van der Waals surface area contributed by atoms with Gasteiger partial charge in [0.25, 0.3) is 0 Å². The van der Waals surface area contributed by atoms with Crippen molar-refractivity contribution in [3.8, 4) is 5.75 Å². The Labute approximate surface area is 252 Å². The molecule has 1 unspecified atom stereocenters. The number of carbonyl (C=O) groups is 3. The number of carboxylic acids is 1. The number of aromatic nitrogens is 2. The van der Waals surface area contributed by atoms with Crippen LogP contribution in [0.3, 0.4) is 0 Å². The number of thiazole rings is 1. The van der Waals surface area contributed by atoms with Crippen molar-refractivity contribution in [3.63, 3.8) is 0 Å². The molecule has 0 bridgehead atoms. The maximum absolute atomic E-state index is 13.1. The molecule has 1 saturated heterocycles. The van der Waals surface area contributed by atoms with Crippen LogP contribution in [0.1, 0.15) is 51.5 Å². The van der Waals surface area contributed by atoms with Gasteiger partial charge in [-0.1, -0.05) is 39.8 Å². The quantitative estimate of drug-likeness (QED) is 0.213. The number of fused-ring (bicyclic) bond motifs is 2. The van der Waals surface area contributed by atoms with Gasteiger partial charge in [-0.2, -0.15) is 0 Å². The molecule has 1 aromatic carbocycles. The number of carboxylic acid groups (broad SMARTS) is 1. The number of aliphatic hydroxyl groups is 1. The first-order valence-electron chi connectivity index (χ1n) is 13.6. The van der Waals surface area contributed by atoms with Gasteiger partial charge in [0.2, 0.25) is 5.91 Å². The molecular formula is C29H33N3O9S2. The average Bonchev–Trinajstić information content (AvgIpc) is 3.52. The monoisotopic (exact) mass is 631 g/mol. The molecule has 14 heteroatoms. The van der Waals surface area contributed by atoms with E-state index in [0.29, 0.717) is 15.5 Å². The van der Waals surface area contributed by atoms with E-state index in [1.165, 1.54) is 22.6 Å². The summed E-state index contributed by atoms with van der Waals surface area (Å²) in [5, 5.41) is 20.6. The summed E-state index contributed by atoms with van der Waals surface area (Å²) in [6.45, 7) is 9.24. The highest BCUT2D eigenvalue weighted by molar-refractivity contribution is 7.91. The second-order valence-electron chi connectivity index (χ2n) is 12.2. The summed E-state index contributed by atoms with van der Waals surface area (Å²) in [6, 6.07) is 6.32. The lowest BCUT2D eigenvalue weighted by atomic mass is 9.66. The van der Waals surface area contributed by atoms with Crippen LogP contribution in [0.5, 0.6) is 5.75 Å². The molecule has 2 aliphatic rings. The van der Waals surface area contributed by atoms with Gasteiger partial charge in [-0.05, 0) is 36.5 Å². The molecule has 0 aliphatic carbocycles. The number of amides is 1. The third-order valence-electron chi connectivity index (χ3n) is 8.11. The van der Waals surface area contributed by atoms with Crippen LogP contribution in [0, 0.1) is 11.3 Å². The summed E-state index contributed by atoms with van der Waals surface area (Å²) in [4.78, 5) is 44.2. The van der Waals surface area contributed by atoms with Gasteiger partial charge in [-0.3, -0.25) is 9.20 Å². The summed E-state index contributed by atoms with van der Waals surface area (Å²) in [5.41, 5.74) is -0.0823. The molecule has 0 saturated carbocycles. The normalized spacial score (nSPS) is 22.9. The molecular weight excluding hydrogens is 598 g/mol. The fraction of sp³-hybridized carbons (Fsp3) is 0.448. The van der Waals surface area contributed by atoms with E-state index in [-0.39, 0.29) is 34.7 Å². The maximum atomic E-state index is 13.1. The molecule has 1 amide bonds. The van der Waals surface area contributed by atoms with Crippen molar-refractivity contribution in [3.05, 3.63) is 52.9 Å². The minimum absolute atomic E-state index is 0.0745. The molecule has 12 nitrogen and oxygen atoms in total. The highest BCUT2D eigenvalue weighted by Crippen LogP contribution is 2.60. The average molecular weight is 632 g/mol. The number of benzene rings is 1. The standard InChI is InChI=1S/C29H33N3O9S2/c1-15(33)19-22-29(5,11-12-40-27(37)41-17-9-7-16(8-10-17)28(2,3)4)20(21(26(35)36)32(22)24(19)34)18-13-31-14-30-23(25(31)42-18)43(6,38)39/h7-10,13-15,19,22,33H,11-12H2,1-6H3,(H,35,36)/t15-,19-,22-,29?/m1/s1. The smallest absolute Gasteiger partial charge is 0.477 e. The molecule has 0 spiro atoms. The van der Waals surface area contributed by atoms with Crippen LogP contribution in [0.4, 0.5) is 4.79 Å². The molecule has 4 heterocycles. The number of rotatable bonds is 8. The van der Waals surface area contributed by atoms with Crippen molar-refractivity contribution in [2.24, 2.45) is 11.3 Å². The van der Waals surface area contributed by atoms with E-state index in [4.69, 9.17) is 9.47 Å². The molecule has 2 aromatic heterocycles.